The predicted octanol–water partition coefficient (Wildman–Crippen LogP) is 4.33. The number of alkyl halides is 3. The number of nitrogens with zero attached hydrogens (tertiary/aromatic N) is 7. The van der Waals surface area contributed by atoms with Gasteiger partial charge in [-0.05, 0) is 108 Å². The summed E-state index contributed by atoms with van der Waals surface area (Å²) in [4.78, 5) is 169. The molecule has 11 amide bonds. The van der Waals surface area contributed by atoms with Crippen LogP contribution in [-0.4, -0.2) is 214 Å². The van der Waals surface area contributed by atoms with Crippen LogP contribution in [0.2, 0.25) is 5.02 Å². The van der Waals surface area contributed by atoms with Gasteiger partial charge >= 0.3 is 6.18 Å². The summed E-state index contributed by atoms with van der Waals surface area (Å²) in [7, 11) is 7.07. The van der Waals surface area contributed by atoms with Gasteiger partial charge in [-0.25, -0.2) is 0 Å². The number of aryl methyl sites for hydroxylation is 1. The fraction of sp³-hybridized carbons (Fsp3) is 0.641. The number of carbonyl (C=O) groups excluding carboxylic acids is 11. The molecule has 26 heteroatoms. The molecule has 6 rings (SSSR count). The highest BCUT2D eigenvalue weighted by Crippen LogP contribution is 2.37. The van der Waals surface area contributed by atoms with Gasteiger partial charge in [-0.1, -0.05) is 95.0 Å². The minimum Gasteiger partial charge on any atom is -0.351 e. The highest BCUT2D eigenvalue weighted by Gasteiger charge is 2.50. The lowest BCUT2D eigenvalue weighted by Crippen LogP contribution is -2.65. The first-order chi connectivity index (χ1) is 42.2. The minimum atomic E-state index is -4.76. The van der Waals surface area contributed by atoms with Crippen LogP contribution in [0.1, 0.15) is 136 Å². The van der Waals surface area contributed by atoms with Crippen LogP contribution >= 0.6 is 11.6 Å². The fourth-order valence-electron chi connectivity index (χ4n) is 12.5. The SMILES string of the molecule is CC[C@H](C)[C@@H]1NC(=O)[C@H](C)N(C)C(=O)C[C@@H](C)NC(=O)[C@H](C(C)C)N(C)C(=O)C2(CCCC2)NC(=O)[C@@H]2CCCN2C(=O)[C@H](CCc2ccc(C(F)(F)F)c(Cl)c2)NC(=O)[C@@H](C)N(C)C(=O)[C@H](Cc2ccccc2)N(C)C(=O)[C@@H]2CCN2C(=O)[C@H](C)N(C)C1=O. The summed E-state index contributed by atoms with van der Waals surface area (Å²) in [5.74, 6) is -7.95. The number of halogens is 4. The fourth-order valence-corrected chi connectivity index (χ4v) is 12.8. The van der Waals surface area contributed by atoms with E-state index in [4.69, 9.17) is 11.6 Å². The molecule has 496 valence electrons. The predicted molar refractivity (Wildman–Crippen MR) is 329 cm³/mol. The van der Waals surface area contributed by atoms with Gasteiger partial charge in [0.2, 0.25) is 65.0 Å². The van der Waals surface area contributed by atoms with Crippen molar-refractivity contribution in [3.8, 4) is 0 Å². The van der Waals surface area contributed by atoms with Gasteiger partial charge in [-0.3, -0.25) is 52.7 Å². The number of rotatable bonds is 8. The Bertz CT molecular complexity index is 3000. The Labute approximate surface area is 531 Å². The topological polar surface area (TPSA) is 259 Å². The van der Waals surface area contributed by atoms with E-state index in [1.807, 2.05) is 6.92 Å². The molecule has 4 aliphatic rings. The van der Waals surface area contributed by atoms with Gasteiger partial charge in [0.1, 0.15) is 59.9 Å². The van der Waals surface area contributed by atoms with Crippen molar-refractivity contribution in [2.45, 2.75) is 205 Å². The number of fused-ring (bicyclic) bond motifs is 2. The highest BCUT2D eigenvalue weighted by atomic mass is 35.5. The van der Waals surface area contributed by atoms with E-state index in [1.54, 1.807) is 58.0 Å². The molecule has 3 saturated heterocycles. The molecule has 2 aromatic rings. The Balaban J connectivity index is 1.38. The third kappa shape index (κ3) is 16.2. The van der Waals surface area contributed by atoms with E-state index in [1.165, 1.54) is 91.5 Å². The lowest BCUT2D eigenvalue weighted by Gasteiger charge is -2.45. The minimum absolute atomic E-state index is 0.0364. The van der Waals surface area contributed by atoms with E-state index in [0.29, 0.717) is 36.8 Å². The zero-order chi connectivity index (χ0) is 67.0. The summed E-state index contributed by atoms with van der Waals surface area (Å²) < 4.78 is 41.4. The molecule has 0 bridgehead atoms. The summed E-state index contributed by atoms with van der Waals surface area (Å²) in [6.45, 7) is 13.3. The van der Waals surface area contributed by atoms with Crippen LogP contribution in [0.15, 0.2) is 48.5 Å². The maximum absolute atomic E-state index is 15.1. The number of likely N-dealkylation sites (N-methyl/N-ethyl adjacent to an activating group) is 5. The molecule has 22 nitrogen and oxygen atoms in total. The van der Waals surface area contributed by atoms with Crippen LogP contribution < -0.4 is 21.3 Å². The smallest absolute Gasteiger partial charge is 0.351 e. The standard InChI is InChI=1S/C64H91ClF3N11O11/c1-14-37(4)51-61(89)75(11)41(8)57(85)79-32-28-48(79)59(87)76(12)49(35-42-21-16-15-17-22-42)60(88)74(10)40(7)53(81)70-46(27-25-43-24-26-44(45(65)34-43)64(66,67)68)58(86)78-31-20-23-47(78)55(83)72-63(29-18-19-30-63)62(90)77(13)52(36(2)3)56(84)69-38(5)33-50(80)73(9)39(6)54(82)71-51/h15-17,21-22,24,26,34,36-41,46-49,51-52H,14,18-20,23,25,27-33,35H2,1-13H3,(H,69,84)(H,70,81)(H,71,82)(H,72,83)/t37-,38+,39-,40+,41-,46-,47-,48-,49-,51-,52-/m0/s1. The maximum Gasteiger partial charge on any atom is 0.417 e. The molecule has 1 spiro atoms. The summed E-state index contributed by atoms with van der Waals surface area (Å²) in [6.07, 6.45) is -2.74. The van der Waals surface area contributed by atoms with E-state index in [9.17, 15) is 61.1 Å². The molecular formula is C64H91ClF3N11O11. The highest BCUT2D eigenvalue weighted by molar-refractivity contribution is 6.31. The molecule has 4 fully saturated rings. The van der Waals surface area contributed by atoms with Crippen LogP contribution in [0, 0.1) is 11.8 Å². The summed E-state index contributed by atoms with van der Waals surface area (Å²) >= 11 is 6.12. The monoisotopic (exact) mass is 1280 g/mol. The lowest BCUT2D eigenvalue weighted by atomic mass is 9.92. The first-order valence-electron chi connectivity index (χ1n) is 31.2. The maximum atomic E-state index is 15.1. The van der Waals surface area contributed by atoms with Crippen molar-refractivity contribution in [1.82, 2.24) is 55.6 Å². The largest absolute Gasteiger partial charge is 0.417 e. The van der Waals surface area contributed by atoms with Gasteiger partial charge in [0, 0.05) is 67.2 Å². The van der Waals surface area contributed by atoms with Crippen molar-refractivity contribution in [3.05, 3.63) is 70.2 Å². The van der Waals surface area contributed by atoms with Crippen molar-refractivity contribution < 1.29 is 65.9 Å². The summed E-state index contributed by atoms with van der Waals surface area (Å²) in [5.41, 5.74) is -1.63. The molecule has 1 saturated carbocycles. The van der Waals surface area contributed by atoms with Gasteiger partial charge in [0.25, 0.3) is 0 Å². The van der Waals surface area contributed by atoms with Gasteiger partial charge in [-0.15, -0.1) is 0 Å². The van der Waals surface area contributed by atoms with Crippen LogP contribution in [0.5, 0.6) is 0 Å². The Kier molecular flexibility index (Phi) is 24.1. The molecule has 11 atom stereocenters. The number of hydrogen-bond donors (Lipinski definition) is 4. The first-order valence-corrected chi connectivity index (χ1v) is 31.6. The van der Waals surface area contributed by atoms with E-state index < -0.39 is 160 Å². The second-order valence-corrected chi connectivity index (χ2v) is 25.8. The molecule has 3 aliphatic heterocycles. The van der Waals surface area contributed by atoms with Crippen molar-refractivity contribution >= 4 is 76.6 Å². The number of nitrogens with one attached hydrogen (secondary N) is 4. The molecule has 0 unspecified atom stereocenters. The Morgan fingerprint density at radius 2 is 1.21 bits per heavy atom. The Hall–Kier alpha value is -7.31. The third-order valence-corrected chi connectivity index (χ3v) is 19.2. The molecule has 2 aromatic carbocycles. The van der Waals surface area contributed by atoms with E-state index in [2.05, 4.69) is 21.3 Å². The van der Waals surface area contributed by atoms with Crippen LogP contribution in [-0.2, 0) is 71.8 Å². The second kappa shape index (κ2) is 30.2. The molecule has 0 aromatic heterocycles. The van der Waals surface area contributed by atoms with Crippen molar-refractivity contribution in [2.75, 3.05) is 48.3 Å². The van der Waals surface area contributed by atoms with Gasteiger partial charge in [0.05, 0.1) is 10.6 Å². The molecule has 3 heterocycles. The first kappa shape index (κ1) is 71.8. The average Bonchev–Trinajstić information content (AvgIpc) is 1.77. The lowest BCUT2D eigenvalue weighted by molar-refractivity contribution is -0.160. The average molecular weight is 1280 g/mol. The normalized spacial score (nSPS) is 27.9. The Morgan fingerprint density at radius 1 is 0.611 bits per heavy atom. The number of carbonyl (C=O) groups is 11. The van der Waals surface area contributed by atoms with Crippen molar-refractivity contribution in [1.29, 1.82) is 0 Å². The van der Waals surface area contributed by atoms with Gasteiger partial charge < -0.3 is 55.6 Å². The quantitative estimate of drug-likeness (QED) is 0.289. The van der Waals surface area contributed by atoms with E-state index in [0.717, 1.165) is 17.0 Å². The zero-order valence-corrected chi connectivity index (χ0v) is 54.8. The number of amides is 11. The number of benzene rings is 2. The summed E-state index contributed by atoms with van der Waals surface area (Å²) in [6, 6.07) is 0.342. The van der Waals surface area contributed by atoms with Crippen LogP contribution in [0.4, 0.5) is 13.2 Å². The van der Waals surface area contributed by atoms with Gasteiger partial charge in [-0.2, -0.15) is 13.2 Å². The van der Waals surface area contributed by atoms with E-state index in [-0.39, 0.29) is 64.5 Å². The van der Waals surface area contributed by atoms with Crippen LogP contribution in [0.3, 0.4) is 0 Å². The molecule has 4 N–H and O–H groups in total. The van der Waals surface area contributed by atoms with Gasteiger partial charge in [0.15, 0.2) is 0 Å². The molecule has 1 aliphatic carbocycles. The summed E-state index contributed by atoms with van der Waals surface area (Å²) in [5, 5.41) is 10.9. The second-order valence-electron chi connectivity index (χ2n) is 25.4. The van der Waals surface area contributed by atoms with Crippen molar-refractivity contribution in [2.24, 2.45) is 11.8 Å². The van der Waals surface area contributed by atoms with Crippen LogP contribution in [0.25, 0.3) is 0 Å². The zero-order valence-electron chi connectivity index (χ0n) is 54.1. The molecule has 0 radical (unpaired) electrons. The number of hydrogen-bond acceptors (Lipinski definition) is 11. The molecule has 90 heavy (non-hydrogen) atoms. The van der Waals surface area contributed by atoms with E-state index >= 15 is 4.79 Å². The Morgan fingerprint density at radius 3 is 1.79 bits per heavy atom. The third-order valence-electron chi connectivity index (χ3n) is 18.9. The van der Waals surface area contributed by atoms with Crippen molar-refractivity contribution in [3.63, 3.8) is 0 Å². The molecular weight excluding hydrogens is 1190 g/mol.